The van der Waals surface area contributed by atoms with E-state index in [-0.39, 0.29) is 18.4 Å². The molecule has 0 radical (unpaired) electrons. The van der Waals surface area contributed by atoms with E-state index in [1.54, 1.807) is 32.2 Å². The van der Waals surface area contributed by atoms with Crippen molar-refractivity contribution >= 4 is 57.9 Å². The van der Waals surface area contributed by atoms with Crippen LogP contribution in [0.3, 0.4) is 0 Å². The minimum atomic E-state index is -3.29. The van der Waals surface area contributed by atoms with E-state index in [9.17, 15) is 29.4 Å². The maximum atomic E-state index is 16.4. The molecule has 4 atom stereocenters. The number of piperazine rings is 1. The number of thioether (sulfide) groups is 1. The summed E-state index contributed by atoms with van der Waals surface area (Å²) in [7, 11) is 0. The summed E-state index contributed by atoms with van der Waals surface area (Å²) in [5, 5.41) is 52.3. The number of nitrogens with zero attached hydrogens (tertiary/aromatic N) is 5. The Morgan fingerprint density at radius 3 is 2.34 bits per heavy atom. The first-order valence-electron chi connectivity index (χ1n) is 17.8. The number of rotatable bonds is 16. The summed E-state index contributed by atoms with van der Waals surface area (Å²) in [5.41, 5.74) is 5.23. The second-order valence-corrected chi connectivity index (χ2v) is 15.1. The summed E-state index contributed by atoms with van der Waals surface area (Å²) in [6, 6.07) is 8.14. The molecule has 2 amide bonds. The average Bonchev–Trinajstić information content (AvgIpc) is 3.16. The van der Waals surface area contributed by atoms with Crippen LogP contribution in [-0.4, -0.2) is 121 Å². The molecule has 5 rings (SSSR count). The van der Waals surface area contributed by atoms with Gasteiger partial charge >= 0.3 is 11.9 Å². The number of nitrogens with two attached hydrogens (primary N) is 1. The molecule has 1 fully saturated rings. The maximum absolute atomic E-state index is 16.4. The van der Waals surface area contributed by atoms with Crippen LogP contribution in [-0.2, 0) is 31.2 Å². The van der Waals surface area contributed by atoms with Crippen molar-refractivity contribution in [1.29, 1.82) is 0 Å². The molecule has 0 spiro atoms. The van der Waals surface area contributed by atoms with E-state index in [1.165, 1.54) is 0 Å². The van der Waals surface area contributed by atoms with Gasteiger partial charge in [0, 0.05) is 72.9 Å². The van der Waals surface area contributed by atoms with E-state index in [4.69, 9.17) is 15.9 Å². The molecule has 1 aromatic carbocycles. The van der Waals surface area contributed by atoms with Gasteiger partial charge in [0.15, 0.2) is 5.82 Å². The van der Waals surface area contributed by atoms with Crippen LogP contribution in [0.2, 0.25) is 0 Å². The molecule has 1 aliphatic heterocycles. The van der Waals surface area contributed by atoms with E-state index < -0.39 is 77.1 Å². The van der Waals surface area contributed by atoms with Crippen LogP contribution < -0.4 is 26.2 Å². The summed E-state index contributed by atoms with van der Waals surface area (Å²) in [4.78, 5) is 56.2. The molecule has 19 heteroatoms. The Morgan fingerprint density at radius 1 is 1.04 bits per heavy atom. The molecule has 0 saturated carbocycles. The summed E-state index contributed by atoms with van der Waals surface area (Å²) in [6.45, 7) is 5.05. The van der Waals surface area contributed by atoms with Crippen LogP contribution in [0.1, 0.15) is 37.9 Å². The number of allylic oxidation sites excluding steroid dienone is 2. The number of aromatic nitrogens is 3. The average molecular weight is 799 g/mol. The van der Waals surface area contributed by atoms with Gasteiger partial charge in [0.05, 0.1) is 11.3 Å². The lowest BCUT2D eigenvalue weighted by atomic mass is 9.92. The van der Waals surface area contributed by atoms with Gasteiger partial charge in [-0.2, -0.15) is 5.10 Å². The lowest BCUT2D eigenvalue weighted by Gasteiger charge is -2.36. The summed E-state index contributed by atoms with van der Waals surface area (Å²) in [6.07, 6.45) is 2.83. The third kappa shape index (κ3) is 10.1. The Morgan fingerprint density at radius 2 is 1.71 bits per heavy atom. The SMILES string of the molecule is CC(C)(O)c1ccc(N2CCN(c3nnc(CC4=CC=C(F)C(SC[C@H](NC(=O)CC[C@H](N)C(=O)O)C(=O)NCC(=O)O)C4(O)F)c4ccccc34)CC2)nc1. The predicted molar refractivity (Wildman–Crippen MR) is 204 cm³/mol. The van der Waals surface area contributed by atoms with Gasteiger partial charge in [-0.15, -0.1) is 16.9 Å². The van der Waals surface area contributed by atoms with E-state index in [1.807, 2.05) is 24.3 Å². The quantitative estimate of drug-likeness (QED) is 0.109. The Hall–Kier alpha value is -5.24. The van der Waals surface area contributed by atoms with Crippen molar-refractivity contribution in [1.82, 2.24) is 25.8 Å². The molecular formula is C37H44F2N8O8S. The molecule has 2 unspecified atom stereocenters. The monoisotopic (exact) mass is 798 g/mol. The number of halogens is 2. The van der Waals surface area contributed by atoms with Gasteiger partial charge in [-0.1, -0.05) is 36.4 Å². The molecular weight excluding hydrogens is 755 g/mol. The topological polar surface area (TPSA) is 244 Å². The van der Waals surface area contributed by atoms with Crippen LogP contribution in [0.15, 0.2) is 66.1 Å². The van der Waals surface area contributed by atoms with E-state index in [2.05, 4.69) is 35.6 Å². The highest BCUT2D eigenvalue weighted by Crippen LogP contribution is 2.42. The third-order valence-electron chi connectivity index (χ3n) is 9.45. The number of aliphatic hydroxyl groups is 2. The van der Waals surface area contributed by atoms with Crippen molar-refractivity contribution in [2.24, 2.45) is 5.73 Å². The second kappa shape index (κ2) is 17.7. The largest absolute Gasteiger partial charge is 0.480 e. The number of carbonyl (C=O) groups is 4. The van der Waals surface area contributed by atoms with Gasteiger partial charge < -0.3 is 46.6 Å². The van der Waals surface area contributed by atoms with Gasteiger partial charge in [-0.3, -0.25) is 19.2 Å². The Kier molecular flexibility index (Phi) is 13.2. The first-order chi connectivity index (χ1) is 26.4. The summed E-state index contributed by atoms with van der Waals surface area (Å²) >= 11 is 0.481. The number of carbonyl (C=O) groups excluding carboxylic acids is 2. The van der Waals surface area contributed by atoms with E-state index >= 15 is 8.78 Å². The van der Waals surface area contributed by atoms with Crippen molar-refractivity contribution in [3.8, 4) is 0 Å². The molecule has 300 valence electrons. The number of carboxylic acid groups (broad SMARTS) is 2. The highest BCUT2D eigenvalue weighted by Gasteiger charge is 2.46. The molecule has 8 N–H and O–H groups in total. The molecule has 3 aromatic rings. The number of aliphatic carboxylic acids is 2. The zero-order valence-electron chi connectivity index (χ0n) is 30.7. The molecule has 1 aliphatic carbocycles. The van der Waals surface area contributed by atoms with Gasteiger partial charge in [0.2, 0.25) is 17.7 Å². The smallest absolute Gasteiger partial charge is 0.322 e. The van der Waals surface area contributed by atoms with Crippen LogP contribution in [0, 0.1) is 0 Å². The Balaban J connectivity index is 1.28. The predicted octanol–water partition coefficient (Wildman–Crippen LogP) is 1.55. The highest BCUT2D eigenvalue weighted by atomic mass is 32.2. The van der Waals surface area contributed by atoms with E-state index in [0.717, 1.165) is 23.4 Å². The van der Waals surface area contributed by atoms with Crippen molar-refractivity contribution in [3.63, 3.8) is 0 Å². The van der Waals surface area contributed by atoms with Crippen LogP contribution >= 0.6 is 11.8 Å². The van der Waals surface area contributed by atoms with Crippen molar-refractivity contribution < 1.29 is 48.4 Å². The number of benzene rings is 1. The van der Waals surface area contributed by atoms with Gasteiger partial charge in [0.1, 0.15) is 35.5 Å². The van der Waals surface area contributed by atoms with Crippen LogP contribution in [0.4, 0.5) is 20.4 Å². The number of alkyl halides is 1. The van der Waals surface area contributed by atoms with Crippen molar-refractivity contribution in [2.75, 3.05) is 48.3 Å². The minimum absolute atomic E-state index is 0.237. The van der Waals surface area contributed by atoms with E-state index in [0.29, 0.717) is 60.4 Å². The maximum Gasteiger partial charge on any atom is 0.322 e. The first-order valence-corrected chi connectivity index (χ1v) is 18.8. The number of pyridine rings is 1. The molecule has 3 heterocycles. The highest BCUT2D eigenvalue weighted by molar-refractivity contribution is 8.00. The van der Waals surface area contributed by atoms with Crippen LogP contribution in [0.5, 0.6) is 0 Å². The normalized spacial score (nSPS) is 19.8. The fourth-order valence-electron chi connectivity index (χ4n) is 6.22. The fourth-order valence-corrected chi connectivity index (χ4v) is 7.45. The minimum Gasteiger partial charge on any atom is -0.480 e. The Labute approximate surface area is 324 Å². The lowest BCUT2D eigenvalue weighted by Crippen LogP contribution is -2.50. The number of nitrogens with one attached hydrogen (secondary N) is 2. The van der Waals surface area contributed by atoms with Crippen LogP contribution in [0.25, 0.3) is 10.8 Å². The standard InChI is InChI=1S/C37H44F2N8O8S/c1-36(2,54)22-8-11-29(41-18-22)46-13-15-47(16-14-46)33-24-6-4-3-5-23(24)27(44-45-33)17-21-7-9-25(38)32(37(21,39)55)56-20-28(34(51)42-19-31(49)50)43-30(48)12-10-26(40)35(52)53/h3-9,11,18,26,28,32,54-55H,10,12-17,19-20,40H2,1-2H3,(H,42,51)(H,43,48)(H,49,50)(H,52,53)/t26-,28-,32?,37?/m0/s1. The molecule has 56 heavy (non-hydrogen) atoms. The van der Waals surface area contributed by atoms with Crippen molar-refractivity contribution in [3.05, 3.63) is 77.4 Å². The number of amides is 2. The summed E-state index contributed by atoms with van der Waals surface area (Å²) < 4.78 is 31.6. The zero-order chi connectivity index (χ0) is 40.8. The number of fused-ring (bicyclic) bond motifs is 1. The fraction of sp³-hybridized carbons (Fsp3) is 0.432. The molecule has 0 bridgehead atoms. The van der Waals surface area contributed by atoms with Crippen molar-refractivity contribution in [2.45, 2.75) is 61.9 Å². The molecule has 16 nitrogen and oxygen atoms in total. The third-order valence-corrected chi connectivity index (χ3v) is 10.8. The number of hydrogen-bond donors (Lipinski definition) is 7. The molecule has 2 aliphatic rings. The molecule has 2 aromatic heterocycles. The van der Waals surface area contributed by atoms with Gasteiger partial charge in [-0.25, -0.2) is 13.8 Å². The zero-order valence-corrected chi connectivity index (χ0v) is 31.5. The summed E-state index contributed by atoms with van der Waals surface area (Å²) in [5.74, 6) is -7.96. The molecule has 1 saturated heterocycles. The number of anilines is 2. The van der Waals surface area contributed by atoms with Gasteiger partial charge in [0.25, 0.3) is 0 Å². The Bertz CT molecular complexity index is 2000. The number of hydrogen-bond acceptors (Lipinski definition) is 13. The second-order valence-electron chi connectivity index (χ2n) is 14.0. The number of carboxylic acids is 2. The first kappa shape index (κ1) is 41.9. The van der Waals surface area contributed by atoms with Gasteiger partial charge in [-0.05, 0) is 32.4 Å². The lowest BCUT2D eigenvalue weighted by molar-refractivity contribution is -0.139.